The van der Waals surface area contributed by atoms with E-state index >= 15 is 0 Å². The van der Waals surface area contributed by atoms with E-state index < -0.39 is 0 Å². The van der Waals surface area contributed by atoms with Crippen LogP contribution in [0.2, 0.25) is 5.02 Å². The Kier molecular flexibility index (Phi) is 7.28. The number of amides is 1. The van der Waals surface area contributed by atoms with Crippen molar-refractivity contribution in [1.82, 2.24) is 24.8 Å². The Labute approximate surface area is 213 Å². The highest BCUT2D eigenvalue weighted by atomic mass is 35.5. The van der Waals surface area contributed by atoms with Crippen LogP contribution in [0.3, 0.4) is 0 Å². The SMILES string of the molecule is Cc1cc(-c2nn3cc(C(=O)NC(CN(C)C)c4ccc(F)cc4)c(C(C)C)c3c(=O)[nH]2)ccc1Cl. The van der Waals surface area contributed by atoms with Crippen LogP contribution in [0.5, 0.6) is 0 Å². The molecule has 2 aromatic carbocycles. The van der Waals surface area contributed by atoms with Crippen molar-refractivity contribution in [1.29, 1.82) is 0 Å². The van der Waals surface area contributed by atoms with E-state index in [0.717, 1.165) is 11.1 Å². The molecule has 2 heterocycles. The van der Waals surface area contributed by atoms with Gasteiger partial charge in [0.1, 0.15) is 11.3 Å². The minimum Gasteiger partial charge on any atom is -0.344 e. The number of aromatic nitrogens is 3. The molecule has 1 amide bonds. The van der Waals surface area contributed by atoms with Crippen LogP contribution in [0.15, 0.2) is 53.5 Å². The van der Waals surface area contributed by atoms with Crippen LogP contribution in [0.1, 0.15) is 52.9 Å². The van der Waals surface area contributed by atoms with E-state index in [-0.39, 0.29) is 29.2 Å². The summed E-state index contributed by atoms with van der Waals surface area (Å²) in [4.78, 5) is 31.5. The number of rotatable bonds is 7. The van der Waals surface area contributed by atoms with Gasteiger partial charge in [0.2, 0.25) is 0 Å². The first-order valence-corrected chi connectivity index (χ1v) is 12.1. The van der Waals surface area contributed by atoms with Crippen LogP contribution in [0.25, 0.3) is 16.9 Å². The van der Waals surface area contributed by atoms with Crippen molar-refractivity contribution in [2.24, 2.45) is 0 Å². The van der Waals surface area contributed by atoms with E-state index in [9.17, 15) is 14.0 Å². The molecule has 0 saturated heterocycles. The highest BCUT2D eigenvalue weighted by molar-refractivity contribution is 6.31. The molecule has 0 fully saturated rings. The van der Waals surface area contributed by atoms with Crippen molar-refractivity contribution in [3.05, 3.63) is 92.1 Å². The first-order chi connectivity index (χ1) is 17.0. The minimum atomic E-state index is -0.380. The van der Waals surface area contributed by atoms with Crippen LogP contribution in [-0.4, -0.2) is 46.0 Å². The molecule has 0 aliphatic carbocycles. The third-order valence-corrected chi connectivity index (χ3v) is 6.48. The van der Waals surface area contributed by atoms with Gasteiger partial charge in [-0.05, 0) is 68.4 Å². The van der Waals surface area contributed by atoms with Crippen molar-refractivity contribution >= 4 is 23.0 Å². The quantitative estimate of drug-likeness (QED) is 0.369. The lowest BCUT2D eigenvalue weighted by atomic mass is 9.99. The third kappa shape index (κ3) is 5.20. The molecule has 4 rings (SSSR count). The van der Waals surface area contributed by atoms with Crippen molar-refractivity contribution in [2.75, 3.05) is 20.6 Å². The molecule has 2 aromatic heterocycles. The van der Waals surface area contributed by atoms with Gasteiger partial charge in [-0.1, -0.05) is 37.6 Å². The maximum atomic E-state index is 13.5. The zero-order chi connectivity index (χ0) is 26.1. The summed E-state index contributed by atoms with van der Waals surface area (Å²) in [5.41, 5.74) is 3.34. The van der Waals surface area contributed by atoms with Gasteiger partial charge in [0, 0.05) is 28.9 Å². The highest BCUT2D eigenvalue weighted by Crippen LogP contribution is 2.27. The Morgan fingerprint density at radius 3 is 2.50 bits per heavy atom. The van der Waals surface area contributed by atoms with Gasteiger partial charge >= 0.3 is 0 Å². The van der Waals surface area contributed by atoms with Gasteiger partial charge in [-0.3, -0.25) is 9.59 Å². The molecule has 0 spiro atoms. The second-order valence-electron chi connectivity index (χ2n) is 9.51. The second-order valence-corrected chi connectivity index (χ2v) is 9.92. The van der Waals surface area contributed by atoms with Crippen LogP contribution < -0.4 is 10.9 Å². The van der Waals surface area contributed by atoms with Gasteiger partial charge in [0.15, 0.2) is 5.82 Å². The fourth-order valence-corrected chi connectivity index (χ4v) is 4.45. The molecule has 7 nitrogen and oxygen atoms in total. The summed E-state index contributed by atoms with van der Waals surface area (Å²) < 4.78 is 15.0. The monoisotopic (exact) mass is 509 g/mol. The number of halogens is 2. The molecule has 4 aromatic rings. The molecule has 188 valence electrons. The molecule has 36 heavy (non-hydrogen) atoms. The highest BCUT2D eigenvalue weighted by Gasteiger charge is 2.25. The largest absolute Gasteiger partial charge is 0.344 e. The molecule has 1 atom stereocenters. The average molecular weight is 510 g/mol. The third-order valence-electron chi connectivity index (χ3n) is 6.06. The number of fused-ring (bicyclic) bond motifs is 1. The van der Waals surface area contributed by atoms with Crippen LogP contribution in [-0.2, 0) is 0 Å². The zero-order valence-corrected chi connectivity index (χ0v) is 21.7. The molecule has 0 saturated carbocycles. The lowest BCUT2D eigenvalue weighted by Gasteiger charge is -2.23. The fourth-order valence-electron chi connectivity index (χ4n) is 4.33. The number of carbonyl (C=O) groups is 1. The van der Waals surface area contributed by atoms with E-state index in [2.05, 4.69) is 15.4 Å². The van der Waals surface area contributed by atoms with E-state index in [0.29, 0.717) is 39.6 Å². The predicted molar refractivity (Wildman–Crippen MR) is 140 cm³/mol. The summed E-state index contributed by atoms with van der Waals surface area (Å²) in [6.07, 6.45) is 1.60. The number of hydrogen-bond donors (Lipinski definition) is 2. The Balaban J connectivity index is 1.77. The number of likely N-dealkylation sites (N-methyl/N-ethyl adjacent to an activating group) is 1. The smallest absolute Gasteiger partial charge is 0.275 e. The summed E-state index contributed by atoms with van der Waals surface area (Å²) in [6, 6.07) is 11.1. The van der Waals surface area contributed by atoms with E-state index in [4.69, 9.17) is 11.6 Å². The molecule has 0 aliphatic heterocycles. The topological polar surface area (TPSA) is 82.5 Å². The Morgan fingerprint density at radius 1 is 1.19 bits per heavy atom. The standard InChI is InChI=1S/C27H29ClFN5O2/c1-15(2)23-20(26(35)30-22(14-33(4)5)17-6-9-19(29)10-7-17)13-34-24(23)27(36)31-25(32-34)18-8-11-21(28)16(3)12-18/h6-13,15,22H,14H2,1-5H3,(H,30,35)(H,31,32,36). The Morgan fingerprint density at radius 2 is 1.89 bits per heavy atom. The summed E-state index contributed by atoms with van der Waals surface area (Å²) in [7, 11) is 3.80. The van der Waals surface area contributed by atoms with Crippen molar-refractivity contribution < 1.29 is 9.18 Å². The molecule has 0 bridgehead atoms. The summed E-state index contributed by atoms with van der Waals surface area (Å²) in [5.74, 6) is -0.406. The van der Waals surface area contributed by atoms with Crippen LogP contribution >= 0.6 is 11.6 Å². The predicted octanol–water partition coefficient (Wildman–Crippen LogP) is 4.95. The normalized spacial score (nSPS) is 12.5. The van der Waals surface area contributed by atoms with Crippen molar-refractivity contribution in [3.8, 4) is 11.4 Å². The van der Waals surface area contributed by atoms with Gasteiger partial charge in [0.05, 0.1) is 11.6 Å². The van der Waals surface area contributed by atoms with Crippen LogP contribution in [0.4, 0.5) is 4.39 Å². The molecule has 2 N–H and O–H groups in total. The first-order valence-electron chi connectivity index (χ1n) is 11.7. The van der Waals surface area contributed by atoms with Gasteiger partial charge in [-0.25, -0.2) is 8.91 Å². The van der Waals surface area contributed by atoms with E-state index in [1.54, 1.807) is 30.5 Å². The lowest BCUT2D eigenvalue weighted by molar-refractivity contribution is 0.0928. The number of nitrogens with one attached hydrogen (secondary N) is 2. The number of H-pyrrole nitrogens is 1. The van der Waals surface area contributed by atoms with Gasteiger partial charge in [-0.15, -0.1) is 5.10 Å². The number of aryl methyl sites for hydroxylation is 1. The molecular weight excluding hydrogens is 481 g/mol. The molecule has 9 heteroatoms. The maximum Gasteiger partial charge on any atom is 0.275 e. The number of nitrogens with zero attached hydrogens (tertiary/aromatic N) is 3. The zero-order valence-electron chi connectivity index (χ0n) is 20.9. The number of benzene rings is 2. The average Bonchev–Trinajstić information content (AvgIpc) is 3.21. The number of aromatic amines is 1. The number of carbonyl (C=O) groups excluding carboxylic acids is 1. The Bertz CT molecular complexity index is 1470. The maximum absolute atomic E-state index is 13.5. The van der Waals surface area contributed by atoms with Crippen molar-refractivity contribution in [2.45, 2.75) is 32.7 Å². The fraction of sp³-hybridized carbons (Fsp3) is 0.296. The first kappa shape index (κ1) is 25.6. The molecule has 1 unspecified atom stereocenters. The summed E-state index contributed by atoms with van der Waals surface area (Å²) in [6.45, 7) is 6.25. The van der Waals surface area contributed by atoms with E-state index in [1.165, 1.54) is 16.6 Å². The minimum absolute atomic E-state index is 0.111. The molecule has 0 aliphatic rings. The molecular formula is C27H29ClFN5O2. The summed E-state index contributed by atoms with van der Waals surface area (Å²) in [5, 5.41) is 8.29. The summed E-state index contributed by atoms with van der Waals surface area (Å²) >= 11 is 6.15. The Hall–Kier alpha value is -3.49. The van der Waals surface area contributed by atoms with Gasteiger partial charge < -0.3 is 15.2 Å². The second kappa shape index (κ2) is 10.2. The number of hydrogen-bond acceptors (Lipinski definition) is 4. The lowest BCUT2D eigenvalue weighted by Crippen LogP contribution is -2.35. The van der Waals surface area contributed by atoms with E-state index in [1.807, 2.05) is 45.8 Å². The van der Waals surface area contributed by atoms with Crippen molar-refractivity contribution in [3.63, 3.8) is 0 Å². The molecule has 0 radical (unpaired) electrons. The van der Waals surface area contributed by atoms with Crippen LogP contribution in [0, 0.1) is 12.7 Å². The van der Waals surface area contributed by atoms with Gasteiger partial charge in [-0.2, -0.15) is 0 Å². The van der Waals surface area contributed by atoms with Gasteiger partial charge in [0.25, 0.3) is 11.5 Å².